The Balaban J connectivity index is 3.22. The zero-order valence-corrected chi connectivity index (χ0v) is 8.75. The van der Waals surface area contributed by atoms with Gasteiger partial charge in [-0.1, -0.05) is 11.6 Å². The lowest BCUT2D eigenvalue weighted by atomic mass is 10.2. The topological polar surface area (TPSA) is 53.4 Å². The largest absolute Gasteiger partial charge is 0.478 e. The van der Waals surface area contributed by atoms with Gasteiger partial charge in [0, 0.05) is 13.6 Å². The fourth-order valence-electron chi connectivity index (χ4n) is 1.03. The molecule has 76 valence electrons. The van der Waals surface area contributed by atoms with E-state index in [1.165, 1.54) is 12.1 Å². The SMILES string of the molecule is CCN(C)c1nc(Cl)ccc1C(=O)O. The van der Waals surface area contributed by atoms with Crippen LogP contribution in [-0.2, 0) is 0 Å². The van der Waals surface area contributed by atoms with Gasteiger partial charge in [-0.2, -0.15) is 0 Å². The molecule has 0 aliphatic rings. The second-order valence-corrected chi connectivity index (χ2v) is 3.21. The number of carbonyl (C=O) groups is 1. The fraction of sp³-hybridized carbons (Fsp3) is 0.333. The van der Waals surface area contributed by atoms with Gasteiger partial charge in [-0.15, -0.1) is 0 Å². The fourth-order valence-corrected chi connectivity index (χ4v) is 1.18. The van der Waals surface area contributed by atoms with Gasteiger partial charge in [-0.25, -0.2) is 9.78 Å². The Morgan fingerprint density at radius 1 is 1.64 bits per heavy atom. The van der Waals surface area contributed by atoms with Gasteiger partial charge in [0.15, 0.2) is 0 Å². The number of nitrogens with zero attached hydrogens (tertiary/aromatic N) is 2. The molecular weight excluding hydrogens is 204 g/mol. The van der Waals surface area contributed by atoms with Crippen LogP contribution in [0.2, 0.25) is 5.15 Å². The van der Waals surface area contributed by atoms with E-state index in [1.807, 2.05) is 6.92 Å². The highest BCUT2D eigenvalue weighted by Gasteiger charge is 2.14. The molecular formula is C9H11ClN2O2. The van der Waals surface area contributed by atoms with Crippen LogP contribution >= 0.6 is 11.6 Å². The van der Waals surface area contributed by atoms with Crippen molar-refractivity contribution in [2.75, 3.05) is 18.5 Å². The molecule has 0 bridgehead atoms. The number of hydrogen-bond donors (Lipinski definition) is 1. The Kier molecular flexibility index (Phi) is 3.30. The van der Waals surface area contributed by atoms with Gasteiger partial charge in [0.2, 0.25) is 0 Å². The summed E-state index contributed by atoms with van der Waals surface area (Å²) in [7, 11) is 1.77. The molecule has 5 heteroatoms. The van der Waals surface area contributed by atoms with Gasteiger partial charge in [0.25, 0.3) is 0 Å². The summed E-state index contributed by atoms with van der Waals surface area (Å²) in [6.45, 7) is 2.59. The van der Waals surface area contributed by atoms with Crippen LogP contribution in [0.4, 0.5) is 5.82 Å². The molecule has 0 radical (unpaired) electrons. The van der Waals surface area contributed by atoms with E-state index in [0.29, 0.717) is 17.5 Å². The van der Waals surface area contributed by atoms with Crippen molar-refractivity contribution in [1.82, 2.24) is 4.98 Å². The number of aromatic carboxylic acids is 1. The maximum atomic E-state index is 10.8. The first kappa shape index (κ1) is 10.8. The summed E-state index contributed by atoms with van der Waals surface area (Å²) >= 11 is 5.69. The summed E-state index contributed by atoms with van der Waals surface area (Å²) in [4.78, 5) is 16.6. The molecule has 14 heavy (non-hydrogen) atoms. The summed E-state index contributed by atoms with van der Waals surface area (Å²) in [5, 5.41) is 9.19. The van der Waals surface area contributed by atoms with E-state index in [2.05, 4.69) is 4.98 Å². The molecule has 0 unspecified atom stereocenters. The molecule has 1 N–H and O–H groups in total. The van der Waals surface area contributed by atoms with E-state index in [9.17, 15) is 4.79 Å². The molecule has 1 aromatic rings. The first-order valence-corrected chi connectivity index (χ1v) is 4.55. The van der Waals surface area contributed by atoms with Crippen molar-refractivity contribution >= 4 is 23.4 Å². The molecule has 0 aliphatic carbocycles. The van der Waals surface area contributed by atoms with Crippen LogP contribution in [0, 0.1) is 0 Å². The van der Waals surface area contributed by atoms with Crippen LogP contribution < -0.4 is 4.90 Å². The first-order chi connectivity index (χ1) is 6.56. The van der Waals surface area contributed by atoms with Crippen molar-refractivity contribution in [3.05, 3.63) is 22.8 Å². The number of halogens is 1. The number of pyridine rings is 1. The minimum absolute atomic E-state index is 0.166. The Bertz CT molecular complexity index is 355. The van der Waals surface area contributed by atoms with Crippen molar-refractivity contribution in [2.45, 2.75) is 6.92 Å². The van der Waals surface area contributed by atoms with E-state index in [1.54, 1.807) is 11.9 Å². The molecule has 4 nitrogen and oxygen atoms in total. The molecule has 0 aliphatic heterocycles. The Labute approximate surface area is 87.1 Å². The van der Waals surface area contributed by atoms with Crippen LogP contribution in [0.25, 0.3) is 0 Å². The summed E-state index contributed by atoms with van der Waals surface area (Å²) in [5.41, 5.74) is 0.166. The molecule has 1 aromatic heterocycles. The maximum absolute atomic E-state index is 10.8. The average molecular weight is 215 g/mol. The zero-order valence-electron chi connectivity index (χ0n) is 7.99. The highest BCUT2D eigenvalue weighted by atomic mass is 35.5. The van der Waals surface area contributed by atoms with Gasteiger partial charge in [0.05, 0.1) is 0 Å². The lowest BCUT2D eigenvalue weighted by Gasteiger charge is -2.17. The van der Waals surface area contributed by atoms with E-state index in [4.69, 9.17) is 16.7 Å². The Morgan fingerprint density at radius 3 is 2.79 bits per heavy atom. The van der Waals surface area contributed by atoms with Gasteiger partial charge in [-0.05, 0) is 19.1 Å². The van der Waals surface area contributed by atoms with Crippen molar-refractivity contribution in [2.24, 2.45) is 0 Å². The van der Waals surface area contributed by atoms with E-state index in [0.717, 1.165) is 0 Å². The molecule has 0 spiro atoms. The molecule has 1 rings (SSSR count). The van der Waals surface area contributed by atoms with E-state index < -0.39 is 5.97 Å². The van der Waals surface area contributed by atoms with Crippen LogP contribution in [-0.4, -0.2) is 29.7 Å². The van der Waals surface area contributed by atoms with Crippen molar-refractivity contribution in [3.8, 4) is 0 Å². The number of aromatic nitrogens is 1. The third-order valence-electron chi connectivity index (χ3n) is 1.91. The van der Waals surface area contributed by atoms with Crippen molar-refractivity contribution in [1.29, 1.82) is 0 Å². The average Bonchev–Trinajstić information content (AvgIpc) is 2.16. The number of anilines is 1. The zero-order chi connectivity index (χ0) is 10.7. The summed E-state index contributed by atoms with van der Waals surface area (Å²) in [6.07, 6.45) is 0. The molecule has 0 fully saturated rings. The lowest BCUT2D eigenvalue weighted by Crippen LogP contribution is -2.20. The van der Waals surface area contributed by atoms with Crippen LogP contribution in [0.15, 0.2) is 12.1 Å². The Morgan fingerprint density at radius 2 is 2.29 bits per heavy atom. The second kappa shape index (κ2) is 4.28. The maximum Gasteiger partial charge on any atom is 0.339 e. The number of carboxylic acids is 1. The quantitative estimate of drug-likeness (QED) is 0.781. The van der Waals surface area contributed by atoms with Crippen LogP contribution in [0.3, 0.4) is 0 Å². The predicted molar refractivity (Wildman–Crippen MR) is 55.2 cm³/mol. The highest BCUT2D eigenvalue weighted by molar-refractivity contribution is 6.29. The van der Waals surface area contributed by atoms with Crippen LogP contribution in [0.1, 0.15) is 17.3 Å². The molecule has 0 aromatic carbocycles. The number of carboxylic acid groups (broad SMARTS) is 1. The number of rotatable bonds is 3. The molecule has 0 saturated carbocycles. The summed E-state index contributed by atoms with van der Waals surface area (Å²) in [5.74, 6) is -0.600. The third-order valence-corrected chi connectivity index (χ3v) is 2.12. The number of hydrogen-bond acceptors (Lipinski definition) is 3. The van der Waals surface area contributed by atoms with E-state index in [-0.39, 0.29) is 5.56 Å². The van der Waals surface area contributed by atoms with Gasteiger partial charge in [0.1, 0.15) is 16.5 Å². The van der Waals surface area contributed by atoms with Gasteiger partial charge >= 0.3 is 5.97 Å². The minimum atomic E-state index is -0.996. The minimum Gasteiger partial charge on any atom is -0.478 e. The van der Waals surface area contributed by atoms with Crippen molar-refractivity contribution in [3.63, 3.8) is 0 Å². The standard InChI is InChI=1S/C9H11ClN2O2/c1-3-12(2)8-6(9(13)14)4-5-7(10)11-8/h4-5H,3H2,1-2H3,(H,13,14). The summed E-state index contributed by atoms with van der Waals surface area (Å²) < 4.78 is 0. The lowest BCUT2D eigenvalue weighted by molar-refractivity contribution is 0.0697. The highest BCUT2D eigenvalue weighted by Crippen LogP contribution is 2.19. The third kappa shape index (κ3) is 2.14. The van der Waals surface area contributed by atoms with Gasteiger partial charge in [-0.3, -0.25) is 0 Å². The monoisotopic (exact) mass is 214 g/mol. The second-order valence-electron chi connectivity index (χ2n) is 2.82. The van der Waals surface area contributed by atoms with Crippen molar-refractivity contribution < 1.29 is 9.90 Å². The summed E-state index contributed by atoms with van der Waals surface area (Å²) in [6, 6.07) is 2.93. The molecule has 0 atom stereocenters. The normalized spacial score (nSPS) is 9.93. The van der Waals surface area contributed by atoms with Gasteiger partial charge < -0.3 is 10.0 Å². The van der Waals surface area contributed by atoms with E-state index >= 15 is 0 Å². The predicted octanol–water partition coefficient (Wildman–Crippen LogP) is 1.89. The Hall–Kier alpha value is -1.29. The molecule has 0 saturated heterocycles. The molecule has 1 heterocycles. The smallest absolute Gasteiger partial charge is 0.339 e. The van der Waals surface area contributed by atoms with Crippen LogP contribution in [0.5, 0.6) is 0 Å². The molecule has 0 amide bonds. The first-order valence-electron chi connectivity index (χ1n) is 4.17.